The molecule has 0 radical (unpaired) electrons. The molecular formula is C19H37IN6OS. The van der Waals surface area contributed by atoms with Crippen molar-refractivity contribution in [2.75, 3.05) is 33.0 Å². The highest BCUT2D eigenvalue weighted by atomic mass is 127. The summed E-state index contributed by atoms with van der Waals surface area (Å²) in [5.41, 5.74) is -0.256. The second-order valence-corrected chi connectivity index (χ2v) is 8.37. The fourth-order valence-electron chi connectivity index (χ4n) is 3.28. The van der Waals surface area contributed by atoms with E-state index in [1.54, 1.807) is 18.9 Å². The standard InChI is InChI=1S/C19H36N6OS.HI/c1-6-20-17(22-14-19(2,3)26-4)21-13-9-12-16-23-24-18(27-5)25(16)15-10-7-8-11-15;/h15H,6-14H2,1-5H3,(H2,20,21,22);1H. The normalized spacial score (nSPS) is 15.5. The van der Waals surface area contributed by atoms with Gasteiger partial charge < -0.3 is 19.9 Å². The van der Waals surface area contributed by atoms with E-state index in [0.29, 0.717) is 12.6 Å². The van der Waals surface area contributed by atoms with Crippen LogP contribution in [0, 0.1) is 0 Å². The number of guanidine groups is 1. The molecule has 0 unspecified atom stereocenters. The summed E-state index contributed by atoms with van der Waals surface area (Å²) in [5, 5.41) is 16.6. The van der Waals surface area contributed by atoms with Crippen molar-refractivity contribution in [1.29, 1.82) is 0 Å². The zero-order valence-electron chi connectivity index (χ0n) is 18.0. The first-order valence-electron chi connectivity index (χ1n) is 10.1. The lowest BCUT2D eigenvalue weighted by molar-refractivity contribution is 0.0310. The highest BCUT2D eigenvalue weighted by Crippen LogP contribution is 2.33. The molecule has 0 amide bonds. The lowest BCUT2D eigenvalue weighted by atomic mass is 10.1. The summed E-state index contributed by atoms with van der Waals surface area (Å²) in [6.07, 6.45) is 9.15. The van der Waals surface area contributed by atoms with E-state index < -0.39 is 0 Å². The van der Waals surface area contributed by atoms with E-state index in [1.165, 1.54) is 25.7 Å². The van der Waals surface area contributed by atoms with Gasteiger partial charge >= 0.3 is 0 Å². The largest absolute Gasteiger partial charge is 0.377 e. The molecule has 162 valence electrons. The molecule has 0 bridgehead atoms. The van der Waals surface area contributed by atoms with Crippen molar-refractivity contribution in [3.63, 3.8) is 0 Å². The number of hydrogen-bond acceptors (Lipinski definition) is 5. The average molecular weight is 525 g/mol. The topological polar surface area (TPSA) is 76.4 Å². The Labute approximate surface area is 191 Å². The molecule has 7 nitrogen and oxygen atoms in total. The van der Waals surface area contributed by atoms with Gasteiger partial charge in [0.05, 0.1) is 12.1 Å². The van der Waals surface area contributed by atoms with Gasteiger partial charge in [0.25, 0.3) is 0 Å². The maximum atomic E-state index is 5.44. The van der Waals surface area contributed by atoms with Gasteiger partial charge in [-0.25, -0.2) is 0 Å². The number of nitrogens with zero attached hydrogens (tertiary/aromatic N) is 4. The SMILES string of the molecule is CCNC(=NCC(C)(C)OC)NCCCc1nnc(SC)n1C1CCCC1.I. The zero-order chi connectivity index (χ0) is 19.7. The third kappa shape index (κ3) is 7.70. The van der Waals surface area contributed by atoms with Crippen LogP contribution < -0.4 is 10.6 Å². The smallest absolute Gasteiger partial charge is 0.191 e. The van der Waals surface area contributed by atoms with Gasteiger partial charge in [-0.1, -0.05) is 24.6 Å². The number of ether oxygens (including phenoxy) is 1. The first-order chi connectivity index (χ1) is 13.0. The van der Waals surface area contributed by atoms with Crippen LogP contribution in [0.2, 0.25) is 0 Å². The van der Waals surface area contributed by atoms with E-state index in [-0.39, 0.29) is 29.6 Å². The van der Waals surface area contributed by atoms with E-state index in [2.05, 4.69) is 43.6 Å². The maximum Gasteiger partial charge on any atom is 0.191 e. The third-order valence-corrected chi connectivity index (χ3v) is 5.64. The molecule has 2 rings (SSSR count). The Kier molecular flexibility index (Phi) is 11.7. The van der Waals surface area contributed by atoms with E-state index >= 15 is 0 Å². The summed E-state index contributed by atoms with van der Waals surface area (Å²) in [5.74, 6) is 1.96. The van der Waals surface area contributed by atoms with Crippen LogP contribution in [0.4, 0.5) is 0 Å². The number of thioether (sulfide) groups is 1. The molecule has 0 aliphatic heterocycles. The van der Waals surface area contributed by atoms with Gasteiger partial charge in [0.15, 0.2) is 11.1 Å². The van der Waals surface area contributed by atoms with Crippen LogP contribution in [0.3, 0.4) is 0 Å². The van der Waals surface area contributed by atoms with Crippen LogP contribution >= 0.6 is 35.7 Å². The predicted molar refractivity (Wildman–Crippen MR) is 128 cm³/mol. The Balaban J connectivity index is 0.00000392. The predicted octanol–water partition coefficient (Wildman–Crippen LogP) is 3.65. The first-order valence-corrected chi connectivity index (χ1v) is 11.3. The van der Waals surface area contributed by atoms with Gasteiger partial charge in [-0.2, -0.15) is 0 Å². The Morgan fingerprint density at radius 1 is 1.29 bits per heavy atom. The monoisotopic (exact) mass is 524 g/mol. The molecular weight excluding hydrogens is 487 g/mol. The molecule has 0 aromatic carbocycles. The summed E-state index contributed by atoms with van der Waals surface area (Å²) in [6, 6.07) is 0.584. The summed E-state index contributed by atoms with van der Waals surface area (Å²) in [7, 11) is 1.72. The molecule has 1 saturated carbocycles. The Hall–Kier alpha value is -0.550. The van der Waals surface area contributed by atoms with E-state index in [0.717, 1.165) is 42.9 Å². The fourth-order valence-corrected chi connectivity index (χ4v) is 3.85. The fraction of sp³-hybridized carbons (Fsp3) is 0.842. The third-order valence-electron chi connectivity index (χ3n) is 4.99. The first kappa shape index (κ1) is 25.5. The van der Waals surface area contributed by atoms with Crippen LogP contribution in [0.5, 0.6) is 0 Å². The number of halogens is 1. The molecule has 0 saturated heterocycles. The van der Waals surface area contributed by atoms with Crippen LogP contribution in [0.15, 0.2) is 10.1 Å². The van der Waals surface area contributed by atoms with Gasteiger partial charge in [-0.3, -0.25) is 4.99 Å². The van der Waals surface area contributed by atoms with Crippen molar-refractivity contribution in [1.82, 2.24) is 25.4 Å². The Bertz CT molecular complexity index is 601. The average Bonchev–Trinajstić information content (AvgIpc) is 3.32. The number of aryl methyl sites for hydroxylation is 1. The van der Waals surface area contributed by atoms with Crippen molar-refractivity contribution in [3.8, 4) is 0 Å². The molecule has 1 aliphatic carbocycles. The number of rotatable bonds is 10. The van der Waals surface area contributed by atoms with E-state index in [9.17, 15) is 0 Å². The minimum absolute atomic E-state index is 0. The number of aromatic nitrogens is 3. The number of methoxy groups -OCH3 is 1. The van der Waals surface area contributed by atoms with Crippen LogP contribution in [0.1, 0.15) is 64.7 Å². The van der Waals surface area contributed by atoms with Crippen molar-refractivity contribution >= 4 is 41.7 Å². The minimum atomic E-state index is -0.256. The van der Waals surface area contributed by atoms with Gasteiger partial charge in [-0.05, 0) is 46.3 Å². The molecule has 2 N–H and O–H groups in total. The van der Waals surface area contributed by atoms with E-state index in [4.69, 9.17) is 4.74 Å². The van der Waals surface area contributed by atoms with Crippen molar-refractivity contribution in [3.05, 3.63) is 5.82 Å². The highest BCUT2D eigenvalue weighted by molar-refractivity contribution is 14.0. The van der Waals surface area contributed by atoms with E-state index in [1.807, 2.05) is 13.8 Å². The van der Waals surface area contributed by atoms with Crippen molar-refractivity contribution in [2.24, 2.45) is 4.99 Å². The number of aliphatic imine (C=N–C) groups is 1. The lowest BCUT2D eigenvalue weighted by Gasteiger charge is -2.21. The quantitative estimate of drug-likeness (QED) is 0.160. The Morgan fingerprint density at radius 2 is 2.00 bits per heavy atom. The van der Waals surface area contributed by atoms with Gasteiger partial charge in [0, 0.05) is 32.7 Å². The summed E-state index contributed by atoms with van der Waals surface area (Å²) in [6.45, 7) is 8.47. The van der Waals surface area contributed by atoms with Gasteiger partial charge in [0.1, 0.15) is 5.82 Å². The van der Waals surface area contributed by atoms with Crippen LogP contribution in [-0.4, -0.2) is 59.3 Å². The summed E-state index contributed by atoms with van der Waals surface area (Å²) < 4.78 is 7.83. The molecule has 1 aromatic rings. The number of nitrogens with one attached hydrogen (secondary N) is 2. The second kappa shape index (κ2) is 12.9. The van der Waals surface area contributed by atoms with Crippen LogP contribution in [-0.2, 0) is 11.2 Å². The molecule has 0 atom stereocenters. The van der Waals surface area contributed by atoms with Crippen LogP contribution in [0.25, 0.3) is 0 Å². The molecule has 1 heterocycles. The van der Waals surface area contributed by atoms with Crippen molar-refractivity contribution in [2.45, 2.75) is 76.1 Å². The molecule has 28 heavy (non-hydrogen) atoms. The maximum absolute atomic E-state index is 5.44. The highest BCUT2D eigenvalue weighted by Gasteiger charge is 2.23. The molecule has 1 aliphatic rings. The number of hydrogen-bond donors (Lipinski definition) is 2. The minimum Gasteiger partial charge on any atom is -0.377 e. The van der Waals surface area contributed by atoms with Gasteiger partial charge in [0.2, 0.25) is 0 Å². The second-order valence-electron chi connectivity index (χ2n) is 7.60. The Morgan fingerprint density at radius 3 is 2.61 bits per heavy atom. The molecule has 9 heteroatoms. The molecule has 1 aromatic heterocycles. The summed E-state index contributed by atoms with van der Waals surface area (Å²) in [4.78, 5) is 4.63. The van der Waals surface area contributed by atoms with Crippen molar-refractivity contribution < 1.29 is 4.74 Å². The molecule has 0 spiro atoms. The zero-order valence-corrected chi connectivity index (χ0v) is 21.1. The lowest BCUT2D eigenvalue weighted by Crippen LogP contribution is -2.39. The van der Waals surface area contributed by atoms with Gasteiger partial charge in [-0.15, -0.1) is 34.2 Å². The summed E-state index contributed by atoms with van der Waals surface area (Å²) >= 11 is 1.70. The molecule has 1 fully saturated rings.